The molecule has 1 aromatic carbocycles. The van der Waals surface area contributed by atoms with E-state index in [1.165, 1.54) is 17.6 Å². The first-order valence-corrected chi connectivity index (χ1v) is 6.26. The minimum atomic E-state index is -0.317. The molecule has 0 aliphatic heterocycles. The van der Waals surface area contributed by atoms with Gasteiger partial charge in [0.1, 0.15) is 5.82 Å². The van der Waals surface area contributed by atoms with Gasteiger partial charge in [0, 0.05) is 9.85 Å². The van der Waals surface area contributed by atoms with Crippen LogP contribution in [0.15, 0.2) is 28.1 Å². The van der Waals surface area contributed by atoms with Crippen LogP contribution in [0, 0.1) is 5.82 Å². The Labute approximate surface area is 105 Å². The van der Waals surface area contributed by atoms with Crippen LogP contribution in [0.1, 0.15) is 17.3 Å². The van der Waals surface area contributed by atoms with Gasteiger partial charge in [0.15, 0.2) is 0 Å². The van der Waals surface area contributed by atoms with E-state index in [2.05, 4.69) is 25.5 Å². The molecule has 0 amide bonds. The van der Waals surface area contributed by atoms with Crippen molar-refractivity contribution >= 4 is 27.5 Å². The van der Waals surface area contributed by atoms with Gasteiger partial charge in [-0.25, -0.2) is 4.39 Å². The highest BCUT2D eigenvalue weighted by atomic mass is 79.9. The van der Waals surface area contributed by atoms with Gasteiger partial charge in [-0.15, -0.1) is 5.10 Å². The van der Waals surface area contributed by atoms with Crippen LogP contribution >= 0.6 is 27.5 Å². The number of halogens is 2. The first-order valence-electron chi connectivity index (χ1n) is 4.63. The summed E-state index contributed by atoms with van der Waals surface area (Å²) in [5, 5.41) is 5.65. The van der Waals surface area contributed by atoms with Gasteiger partial charge in [-0.2, -0.15) is 0 Å². The highest BCUT2D eigenvalue weighted by Gasteiger charge is 2.12. The lowest BCUT2D eigenvalue weighted by Crippen LogP contribution is -2.14. The van der Waals surface area contributed by atoms with Crippen molar-refractivity contribution in [1.29, 1.82) is 0 Å². The molecule has 0 saturated heterocycles. The predicted octanol–water partition coefficient (Wildman–Crippen LogP) is 2.68. The lowest BCUT2D eigenvalue weighted by atomic mass is 10.0. The summed E-state index contributed by atoms with van der Waals surface area (Å²) in [6, 6.07) is 4.50. The third-order valence-electron chi connectivity index (χ3n) is 2.20. The van der Waals surface area contributed by atoms with E-state index in [4.69, 9.17) is 5.73 Å². The van der Waals surface area contributed by atoms with E-state index < -0.39 is 0 Å². The van der Waals surface area contributed by atoms with Gasteiger partial charge < -0.3 is 5.73 Å². The van der Waals surface area contributed by atoms with Crippen molar-refractivity contribution in [2.24, 2.45) is 5.73 Å². The summed E-state index contributed by atoms with van der Waals surface area (Å²) in [7, 11) is 0. The van der Waals surface area contributed by atoms with E-state index in [0.717, 1.165) is 4.47 Å². The maximum absolute atomic E-state index is 13.5. The van der Waals surface area contributed by atoms with Gasteiger partial charge in [-0.3, -0.25) is 0 Å². The summed E-state index contributed by atoms with van der Waals surface area (Å²) in [6.07, 6.45) is 0.413. The second kappa shape index (κ2) is 4.99. The molecule has 3 nitrogen and oxygen atoms in total. The molecule has 2 N–H and O–H groups in total. The molecule has 84 valence electrons. The van der Waals surface area contributed by atoms with E-state index in [1.807, 2.05) is 0 Å². The Morgan fingerprint density at radius 1 is 1.50 bits per heavy atom. The molecular formula is C10H9BrFN3S. The highest BCUT2D eigenvalue weighted by Crippen LogP contribution is 2.20. The maximum Gasteiger partial charge on any atom is 0.126 e. The number of nitrogens with zero attached hydrogens (tertiary/aromatic N) is 2. The average Bonchev–Trinajstić information content (AvgIpc) is 2.76. The van der Waals surface area contributed by atoms with E-state index >= 15 is 0 Å². The van der Waals surface area contributed by atoms with Crippen LogP contribution in [0.25, 0.3) is 0 Å². The summed E-state index contributed by atoms with van der Waals surface area (Å²) in [4.78, 5) is 0. The molecule has 0 aliphatic rings. The molecule has 16 heavy (non-hydrogen) atoms. The molecule has 1 aromatic heterocycles. The fourth-order valence-electron chi connectivity index (χ4n) is 1.37. The predicted molar refractivity (Wildman–Crippen MR) is 64.6 cm³/mol. The molecule has 0 spiro atoms. The zero-order valence-electron chi connectivity index (χ0n) is 8.23. The first kappa shape index (κ1) is 11.6. The van der Waals surface area contributed by atoms with Crippen LogP contribution < -0.4 is 5.73 Å². The van der Waals surface area contributed by atoms with Gasteiger partial charge in [0.05, 0.1) is 11.7 Å². The van der Waals surface area contributed by atoms with E-state index in [0.29, 0.717) is 17.7 Å². The average molecular weight is 302 g/mol. The normalized spacial score (nSPS) is 12.7. The number of hydrogen-bond donors (Lipinski definition) is 1. The van der Waals surface area contributed by atoms with Crippen LogP contribution in [0.3, 0.4) is 0 Å². The highest BCUT2D eigenvalue weighted by molar-refractivity contribution is 9.10. The number of benzene rings is 1. The van der Waals surface area contributed by atoms with Crippen molar-refractivity contribution in [3.63, 3.8) is 0 Å². The zero-order chi connectivity index (χ0) is 11.5. The second-order valence-electron chi connectivity index (χ2n) is 3.38. The third kappa shape index (κ3) is 2.63. The van der Waals surface area contributed by atoms with Gasteiger partial charge in [-0.05, 0) is 41.7 Å². The lowest BCUT2D eigenvalue weighted by molar-refractivity contribution is 0.589. The Bertz CT molecular complexity index is 475. The summed E-state index contributed by atoms with van der Waals surface area (Å²) in [5.41, 5.74) is 7.19. The zero-order valence-corrected chi connectivity index (χ0v) is 10.6. The number of aromatic nitrogens is 2. The minimum Gasteiger partial charge on any atom is -0.322 e. The van der Waals surface area contributed by atoms with Gasteiger partial charge >= 0.3 is 0 Å². The monoisotopic (exact) mass is 301 g/mol. The summed E-state index contributed by atoms with van der Waals surface area (Å²) < 4.78 is 18.0. The standard InChI is InChI=1S/C10H9BrFN3S/c11-7-1-2-8(12)6(3-7)4-9(13)10-5-16-15-14-10/h1-3,5,9H,4,13H2. The summed E-state index contributed by atoms with van der Waals surface area (Å²) in [5.74, 6) is -0.248. The van der Waals surface area contributed by atoms with Crippen molar-refractivity contribution in [3.8, 4) is 0 Å². The minimum absolute atomic E-state index is 0.248. The third-order valence-corrected chi connectivity index (χ3v) is 3.22. The largest absolute Gasteiger partial charge is 0.322 e. The van der Waals surface area contributed by atoms with Crippen LogP contribution in [-0.4, -0.2) is 9.59 Å². The Kier molecular flexibility index (Phi) is 3.63. The molecule has 1 atom stereocenters. The van der Waals surface area contributed by atoms with Gasteiger partial charge in [-0.1, -0.05) is 20.4 Å². The van der Waals surface area contributed by atoms with Gasteiger partial charge in [0.25, 0.3) is 0 Å². The number of rotatable bonds is 3. The Morgan fingerprint density at radius 3 is 3.00 bits per heavy atom. The van der Waals surface area contributed by atoms with E-state index in [9.17, 15) is 4.39 Å². The molecule has 0 radical (unpaired) electrons. The Hall–Kier alpha value is -0.850. The molecule has 2 aromatic rings. The second-order valence-corrected chi connectivity index (χ2v) is 4.90. The van der Waals surface area contributed by atoms with Crippen molar-refractivity contribution in [3.05, 3.63) is 45.1 Å². The van der Waals surface area contributed by atoms with E-state index in [1.54, 1.807) is 17.5 Å². The quantitative estimate of drug-likeness (QED) is 0.948. The number of hydrogen-bond acceptors (Lipinski definition) is 4. The fourth-order valence-corrected chi connectivity index (χ4v) is 2.30. The summed E-state index contributed by atoms with van der Waals surface area (Å²) >= 11 is 4.54. The van der Waals surface area contributed by atoms with E-state index in [-0.39, 0.29) is 11.9 Å². The molecule has 1 unspecified atom stereocenters. The number of nitrogens with two attached hydrogens (primary N) is 1. The van der Waals surface area contributed by atoms with Crippen molar-refractivity contribution in [1.82, 2.24) is 9.59 Å². The Morgan fingerprint density at radius 2 is 2.31 bits per heavy atom. The molecule has 1 heterocycles. The SMILES string of the molecule is NC(Cc1cc(Br)ccc1F)c1csnn1. The smallest absolute Gasteiger partial charge is 0.126 e. The molecule has 0 fully saturated rings. The molecular weight excluding hydrogens is 293 g/mol. The summed E-state index contributed by atoms with van der Waals surface area (Å²) in [6.45, 7) is 0. The van der Waals surface area contributed by atoms with Crippen molar-refractivity contribution in [2.45, 2.75) is 12.5 Å². The van der Waals surface area contributed by atoms with Crippen LogP contribution in [-0.2, 0) is 6.42 Å². The maximum atomic E-state index is 13.5. The Balaban J connectivity index is 2.17. The van der Waals surface area contributed by atoms with Crippen LogP contribution in [0.4, 0.5) is 4.39 Å². The van der Waals surface area contributed by atoms with Crippen molar-refractivity contribution in [2.75, 3.05) is 0 Å². The van der Waals surface area contributed by atoms with Gasteiger partial charge in [0.2, 0.25) is 0 Å². The fraction of sp³-hybridized carbons (Fsp3) is 0.200. The molecule has 0 bridgehead atoms. The molecule has 6 heteroatoms. The molecule has 0 aliphatic carbocycles. The first-order chi connectivity index (χ1) is 7.66. The molecule has 0 saturated carbocycles. The van der Waals surface area contributed by atoms with Crippen LogP contribution in [0.5, 0.6) is 0 Å². The van der Waals surface area contributed by atoms with Crippen LogP contribution in [0.2, 0.25) is 0 Å². The van der Waals surface area contributed by atoms with Crippen molar-refractivity contribution < 1.29 is 4.39 Å². The topological polar surface area (TPSA) is 51.8 Å². The lowest BCUT2D eigenvalue weighted by Gasteiger charge is -2.09. The molecule has 2 rings (SSSR count).